The van der Waals surface area contributed by atoms with Crippen LogP contribution in [0.4, 0.5) is 4.79 Å². The normalized spacial score (nSPS) is 12.9. The molecule has 3 rings (SSSR count). The van der Waals surface area contributed by atoms with Crippen LogP contribution in [0, 0.1) is 6.92 Å². The van der Waals surface area contributed by atoms with Crippen LogP contribution in [-0.2, 0) is 4.79 Å². The van der Waals surface area contributed by atoms with Crippen molar-refractivity contribution >= 4 is 40.3 Å². The van der Waals surface area contributed by atoms with Gasteiger partial charge in [0.1, 0.15) is 0 Å². The van der Waals surface area contributed by atoms with E-state index in [1.807, 2.05) is 62.4 Å². The number of urea groups is 1. The van der Waals surface area contributed by atoms with Crippen LogP contribution >= 0.6 is 11.8 Å². The highest BCUT2D eigenvalue weighted by Gasteiger charge is 2.22. The molecule has 2 aromatic heterocycles. The van der Waals surface area contributed by atoms with Crippen molar-refractivity contribution in [2.24, 2.45) is 0 Å². The third-order valence-electron chi connectivity index (χ3n) is 3.95. The van der Waals surface area contributed by atoms with Gasteiger partial charge in [0.25, 0.3) is 0 Å². The molecule has 0 spiro atoms. The van der Waals surface area contributed by atoms with Crippen molar-refractivity contribution in [2.75, 3.05) is 0 Å². The van der Waals surface area contributed by atoms with E-state index in [9.17, 15) is 9.59 Å². The van der Waals surface area contributed by atoms with Crippen LogP contribution in [-0.4, -0.2) is 37.3 Å². The first-order chi connectivity index (χ1) is 12.7. The first-order valence-electron chi connectivity index (χ1n) is 8.69. The number of rotatable bonds is 3. The highest BCUT2D eigenvalue weighted by molar-refractivity contribution is 8.00. The summed E-state index contributed by atoms with van der Waals surface area (Å²) in [6.07, 6.45) is 0. The number of fused-ring (bicyclic) bond motifs is 3. The van der Waals surface area contributed by atoms with Gasteiger partial charge < -0.3 is 5.32 Å². The average molecular weight is 385 g/mol. The highest BCUT2D eigenvalue weighted by Crippen LogP contribution is 2.27. The summed E-state index contributed by atoms with van der Waals surface area (Å²) in [5, 5.41) is 14.8. The van der Waals surface area contributed by atoms with E-state index in [0.717, 1.165) is 22.1 Å². The number of aryl methyl sites for hydroxylation is 1. The van der Waals surface area contributed by atoms with Crippen molar-refractivity contribution < 1.29 is 9.59 Å². The van der Waals surface area contributed by atoms with E-state index in [0.29, 0.717) is 5.16 Å². The van der Waals surface area contributed by atoms with E-state index < -0.39 is 16.8 Å². The van der Waals surface area contributed by atoms with E-state index in [4.69, 9.17) is 0 Å². The summed E-state index contributed by atoms with van der Waals surface area (Å²) in [5.41, 5.74) is 2.41. The lowest BCUT2D eigenvalue weighted by atomic mass is 10.1. The summed E-state index contributed by atoms with van der Waals surface area (Å²) in [4.78, 5) is 24.3. The van der Waals surface area contributed by atoms with Crippen LogP contribution in [0.25, 0.3) is 16.6 Å². The first-order valence-corrected chi connectivity index (χ1v) is 9.57. The number of nitrogens with one attached hydrogen (secondary N) is 2. The molecular weight excluding hydrogens is 362 g/mol. The van der Waals surface area contributed by atoms with Gasteiger partial charge in [-0.15, -0.1) is 10.2 Å². The van der Waals surface area contributed by atoms with Crippen LogP contribution in [0.3, 0.4) is 0 Å². The fraction of sp³-hybridized carbons (Fsp3) is 0.368. The average Bonchev–Trinajstić information content (AvgIpc) is 2.96. The molecule has 0 aliphatic heterocycles. The van der Waals surface area contributed by atoms with E-state index in [-0.39, 0.29) is 5.91 Å². The van der Waals surface area contributed by atoms with Crippen LogP contribution in [0.5, 0.6) is 0 Å². The molecule has 1 atom stereocenters. The lowest BCUT2D eigenvalue weighted by Gasteiger charge is -2.21. The number of amides is 3. The Labute approximate surface area is 161 Å². The second-order valence-electron chi connectivity index (χ2n) is 7.47. The summed E-state index contributed by atoms with van der Waals surface area (Å²) in [5.74, 6) is -0.380. The molecule has 0 bridgehead atoms. The van der Waals surface area contributed by atoms with Gasteiger partial charge in [-0.2, -0.15) is 0 Å². The molecule has 2 N–H and O–H groups in total. The maximum atomic E-state index is 12.4. The van der Waals surface area contributed by atoms with Gasteiger partial charge in [-0.25, -0.2) is 4.79 Å². The molecule has 0 radical (unpaired) electrons. The molecule has 27 heavy (non-hydrogen) atoms. The minimum Gasteiger partial charge on any atom is -0.333 e. The van der Waals surface area contributed by atoms with Crippen LogP contribution < -0.4 is 10.6 Å². The van der Waals surface area contributed by atoms with Crippen LogP contribution in [0.2, 0.25) is 0 Å². The Morgan fingerprint density at radius 3 is 2.59 bits per heavy atom. The zero-order chi connectivity index (χ0) is 19.8. The predicted octanol–water partition coefficient (Wildman–Crippen LogP) is 3.30. The number of benzene rings is 1. The number of hydrogen-bond donors (Lipinski definition) is 2. The number of carbonyl (C=O) groups excluding carboxylic acids is 2. The Hall–Kier alpha value is -2.61. The van der Waals surface area contributed by atoms with Gasteiger partial charge in [-0.05, 0) is 52.3 Å². The fourth-order valence-corrected chi connectivity index (χ4v) is 3.62. The SMILES string of the molecule is Cc1cc2nnc(SC(C)C(=O)NC(=O)NC(C)(C)C)n2c2ccccc12. The molecule has 0 saturated heterocycles. The number of carbonyl (C=O) groups is 2. The number of hydrogen-bond acceptors (Lipinski definition) is 5. The Kier molecular flexibility index (Phi) is 5.10. The van der Waals surface area contributed by atoms with E-state index in [2.05, 4.69) is 20.8 Å². The van der Waals surface area contributed by atoms with Gasteiger partial charge in [0.2, 0.25) is 5.91 Å². The third kappa shape index (κ3) is 4.21. The zero-order valence-corrected chi connectivity index (χ0v) is 16.8. The number of imide groups is 1. The number of pyridine rings is 1. The van der Waals surface area contributed by atoms with Crippen molar-refractivity contribution in [1.29, 1.82) is 0 Å². The van der Waals surface area contributed by atoms with Crippen molar-refractivity contribution in [2.45, 2.75) is 50.6 Å². The largest absolute Gasteiger partial charge is 0.333 e. The number of aromatic nitrogens is 3. The number of nitrogens with zero attached hydrogens (tertiary/aromatic N) is 3. The van der Waals surface area contributed by atoms with Gasteiger partial charge >= 0.3 is 6.03 Å². The van der Waals surface area contributed by atoms with E-state index >= 15 is 0 Å². The standard InChI is InChI=1S/C19H23N5O2S/c1-11-10-15-22-23-18(24(15)14-9-7-6-8-13(11)14)27-12(2)16(25)20-17(26)21-19(3,4)5/h6-10,12H,1-5H3,(H2,20,21,25,26). The molecule has 0 aliphatic carbocycles. The molecule has 1 aromatic carbocycles. The monoisotopic (exact) mass is 385 g/mol. The molecule has 0 saturated carbocycles. The zero-order valence-electron chi connectivity index (χ0n) is 16.0. The van der Waals surface area contributed by atoms with Crippen molar-refractivity contribution in [1.82, 2.24) is 25.2 Å². The minimum atomic E-state index is -0.511. The Morgan fingerprint density at radius 2 is 1.89 bits per heavy atom. The van der Waals surface area contributed by atoms with Gasteiger partial charge in [-0.3, -0.25) is 14.5 Å². The molecule has 0 fully saturated rings. The van der Waals surface area contributed by atoms with Gasteiger partial charge in [-0.1, -0.05) is 30.0 Å². The lowest BCUT2D eigenvalue weighted by Crippen LogP contribution is -2.49. The second-order valence-corrected chi connectivity index (χ2v) is 8.78. The van der Waals surface area contributed by atoms with Crippen LogP contribution in [0.15, 0.2) is 35.5 Å². The molecule has 3 aromatic rings. The Bertz CT molecular complexity index is 1020. The molecule has 1 unspecified atom stereocenters. The maximum absolute atomic E-state index is 12.4. The quantitative estimate of drug-likeness (QED) is 0.676. The lowest BCUT2D eigenvalue weighted by molar-refractivity contribution is -0.119. The van der Waals surface area contributed by atoms with E-state index in [1.165, 1.54) is 11.8 Å². The fourth-order valence-electron chi connectivity index (χ4n) is 2.75. The van der Waals surface area contributed by atoms with Crippen molar-refractivity contribution in [3.05, 3.63) is 35.9 Å². The Morgan fingerprint density at radius 1 is 1.19 bits per heavy atom. The van der Waals surface area contributed by atoms with Gasteiger partial charge in [0.15, 0.2) is 10.8 Å². The van der Waals surface area contributed by atoms with Crippen molar-refractivity contribution in [3.8, 4) is 0 Å². The second kappa shape index (κ2) is 7.19. The summed E-state index contributed by atoms with van der Waals surface area (Å²) in [6.45, 7) is 9.33. The summed E-state index contributed by atoms with van der Waals surface area (Å²) >= 11 is 1.27. The third-order valence-corrected chi connectivity index (χ3v) is 4.99. The summed E-state index contributed by atoms with van der Waals surface area (Å²) in [7, 11) is 0. The van der Waals surface area contributed by atoms with Gasteiger partial charge in [0.05, 0.1) is 10.8 Å². The Balaban J connectivity index is 1.83. The maximum Gasteiger partial charge on any atom is 0.321 e. The molecular formula is C19H23N5O2S. The molecule has 2 heterocycles. The molecule has 142 valence electrons. The van der Waals surface area contributed by atoms with Crippen molar-refractivity contribution in [3.63, 3.8) is 0 Å². The number of para-hydroxylation sites is 1. The first kappa shape index (κ1) is 19.2. The van der Waals surface area contributed by atoms with Crippen LogP contribution in [0.1, 0.15) is 33.3 Å². The van der Waals surface area contributed by atoms with E-state index in [1.54, 1.807) is 6.92 Å². The summed E-state index contributed by atoms with van der Waals surface area (Å²) < 4.78 is 1.94. The predicted molar refractivity (Wildman–Crippen MR) is 107 cm³/mol. The minimum absolute atomic E-state index is 0.380. The summed E-state index contributed by atoms with van der Waals surface area (Å²) in [6, 6.07) is 9.47. The number of thioether (sulfide) groups is 1. The van der Waals surface area contributed by atoms with Gasteiger partial charge in [0, 0.05) is 10.9 Å². The molecule has 7 nitrogen and oxygen atoms in total. The topological polar surface area (TPSA) is 88.4 Å². The smallest absolute Gasteiger partial charge is 0.321 e. The highest BCUT2D eigenvalue weighted by atomic mass is 32.2. The molecule has 3 amide bonds. The molecule has 8 heteroatoms. The molecule has 0 aliphatic rings.